The monoisotopic (exact) mass is 204 g/mol. The van der Waals surface area contributed by atoms with Crippen LogP contribution in [-0.4, -0.2) is 11.8 Å². The molecular formula is C12H12O3. The highest BCUT2D eigenvalue weighted by atomic mass is 16.6. The third-order valence-corrected chi connectivity index (χ3v) is 2.66. The van der Waals surface area contributed by atoms with Gasteiger partial charge in [-0.15, -0.1) is 0 Å². The third-order valence-electron chi connectivity index (χ3n) is 2.66. The maximum Gasteiger partial charge on any atom is 0.307 e. The third kappa shape index (κ3) is 1.91. The minimum Gasteiger partial charge on any atom is -0.457 e. The summed E-state index contributed by atoms with van der Waals surface area (Å²) in [5.74, 6) is -0.598. The molecule has 1 aromatic rings. The average molecular weight is 204 g/mol. The Labute approximate surface area is 88.1 Å². The maximum atomic E-state index is 11.3. The fourth-order valence-electron chi connectivity index (χ4n) is 1.86. The van der Waals surface area contributed by atoms with E-state index in [0.29, 0.717) is 0 Å². The Morgan fingerprint density at radius 1 is 1.33 bits per heavy atom. The van der Waals surface area contributed by atoms with Crippen molar-refractivity contribution in [1.29, 1.82) is 0 Å². The molecule has 0 spiro atoms. The van der Waals surface area contributed by atoms with Gasteiger partial charge in [0.05, 0.1) is 12.3 Å². The number of carbonyl (C=O) groups is 2. The van der Waals surface area contributed by atoms with Gasteiger partial charge in [-0.2, -0.15) is 0 Å². The van der Waals surface area contributed by atoms with Crippen LogP contribution in [0.3, 0.4) is 0 Å². The van der Waals surface area contributed by atoms with Gasteiger partial charge in [-0.1, -0.05) is 30.3 Å². The number of Topliss-reactive ketones (excluding diaryl/α,β-unsaturated/α-hetero) is 1. The first-order chi connectivity index (χ1) is 7.18. The Balaban J connectivity index is 2.28. The van der Waals surface area contributed by atoms with Gasteiger partial charge in [-0.05, 0) is 12.5 Å². The summed E-state index contributed by atoms with van der Waals surface area (Å²) in [6.07, 6.45) is -0.189. The van der Waals surface area contributed by atoms with Gasteiger partial charge in [-0.3, -0.25) is 9.59 Å². The highest BCUT2D eigenvalue weighted by Gasteiger charge is 2.38. The van der Waals surface area contributed by atoms with E-state index in [1.54, 1.807) is 0 Å². The lowest BCUT2D eigenvalue weighted by Crippen LogP contribution is -2.15. The zero-order chi connectivity index (χ0) is 10.8. The van der Waals surface area contributed by atoms with Gasteiger partial charge in [0.15, 0.2) is 0 Å². The number of carbonyl (C=O) groups excluding carboxylic acids is 2. The Morgan fingerprint density at radius 3 is 2.60 bits per heavy atom. The molecule has 1 saturated heterocycles. The van der Waals surface area contributed by atoms with E-state index in [9.17, 15) is 9.59 Å². The molecule has 0 saturated carbocycles. The number of hydrogen-bond acceptors (Lipinski definition) is 3. The van der Waals surface area contributed by atoms with Crippen molar-refractivity contribution < 1.29 is 14.3 Å². The van der Waals surface area contributed by atoms with Crippen molar-refractivity contribution in [2.24, 2.45) is 5.92 Å². The molecule has 2 atom stereocenters. The molecule has 0 aliphatic carbocycles. The van der Waals surface area contributed by atoms with Crippen LogP contribution < -0.4 is 0 Å². The van der Waals surface area contributed by atoms with E-state index < -0.39 is 6.10 Å². The summed E-state index contributed by atoms with van der Waals surface area (Å²) >= 11 is 0. The molecule has 3 nitrogen and oxygen atoms in total. The topological polar surface area (TPSA) is 43.4 Å². The molecule has 0 amide bonds. The number of benzene rings is 1. The van der Waals surface area contributed by atoms with Gasteiger partial charge in [0.25, 0.3) is 0 Å². The summed E-state index contributed by atoms with van der Waals surface area (Å²) in [4.78, 5) is 22.5. The molecule has 1 aliphatic rings. The molecule has 3 heteroatoms. The largest absolute Gasteiger partial charge is 0.457 e. The predicted molar refractivity (Wildman–Crippen MR) is 54.1 cm³/mol. The summed E-state index contributed by atoms with van der Waals surface area (Å²) in [7, 11) is 0. The number of rotatable bonds is 2. The van der Waals surface area contributed by atoms with Crippen molar-refractivity contribution in [1.82, 2.24) is 0 Å². The van der Waals surface area contributed by atoms with Crippen molar-refractivity contribution in [2.75, 3.05) is 0 Å². The van der Waals surface area contributed by atoms with Crippen LogP contribution in [0.4, 0.5) is 0 Å². The second kappa shape index (κ2) is 3.85. The molecule has 1 fully saturated rings. The van der Waals surface area contributed by atoms with Crippen LogP contribution in [0.2, 0.25) is 0 Å². The number of hydrogen-bond donors (Lipinski definition) is 0. The normalized spacial score (nSPS) is 25.0. The lowest BCUT2D eigenvalue weighted by molar-refractivity contribution is -0.141. The van der Waals surface area contributed by atoms with Crippen molar-refractivity contribution in [3.05, 3.63) is 35.9 Å². The molecule has 1 aliphatic heterocycles. The fourth-order valence-corrected chi connectivity index (χ4v) is 1.86. The Bertz CT molecular complexity index is 383. The average Bonchev–Trinajstić information content (AvgIpc) is 2.62. The van der Waals surface area contributed by atoms with Crippen molar-refractivity contribution in [3.8, 4) is 0 Å². The molecular weight excluding hydrogens is 192 g/mol. The van der Waals surface area contributed by atoms with E-state index in [1.807, 2.05) is 30.3 Å². The van der Waals surface area contributed by atoms with E-state index in [0.717, 1.165) is 5.56 Å². The summed E-state index contributed by atoms with van der Waals surface area (Å²) in [6.45, 7) is 1.50. The highest BCUT2D eigenvalue weighted by molar-refractivity contribution is 5.86. The summed E-state index contributed by atoms with van der Waals surface area (Å²) in [6, 6.07) is 9.39. The number of esters is 1. The van der Waals surface area contributed by atoms with Crippen LogP contribution in [0.5, 0.6) is 0 Å². The minimum absolute atomic E-state index is 0.00898. The van der Waals surface area contributed by atoms with E-state index in [-0.39, 0.29) is 24.1 Å². The molecule has 1 heterocycles. The van der Waals surface area contributed by atoms with Crippen LogP contribution in [-0.2, 0) is 14.3 Å². The zero-order valence-electron chi connectivity index (χ0n) is 8.47. The number of ketones is 1. The Hall–Kier alpha value is -1.64. The first kappa shape index (κ1) is 9.90. The minimum atomic E-state index is -0.392. The van der Waals surface area contributed by atoms with Crippen LogP contribution in [0, 0.1) is 5.92 Å². The lowest BCUT2D eigenvalue weighted by Gasteiger charge is -2.14. The maximum absolute atomic E-state index is 11.3. The predicted octanol–water partition coefficient (Wildman–Crippen LogP) is 1.88. The quantitative estimate of drug-likeness (QED) is 0.691. The first-order valence-corrected chi connectivity index (χ1v) is 4.93. The molecule has 0 bridgehead atoms. The molecule has 0 N–H and O–H groups in total. The van der Waals surface area contributed by atoms with Gasteiger partial charge in [-0.25, -0.2) is 0 Å². The van der Waals surface area contributed by atoms with E-state index in [2.05, 4.69) is 0 Å². The van der Waals surface area contributed by atoms with Crippen LogP contribution in [0.1, 0.15) is 25.0 Å². The van der Waals surface area contributed by atoms with Crippen LogP contribution >= 0.6 is 0 Å². The van der Waals surface area contributed by atoms with E-state index in [1.165, 1.54) is 6.92 Å². The Morgan fingerprint density at radius 2 is 2.00 bits per heavy atom. The zero-order valence-corrected chi connectivity index (χ0v) is 8.47. The molecule has 78 valence electrons. The molecule has 0 unspecified atom stereocenters. The van der Waals surface area contributed by atoms with Crippen LogP contribution in [0.15, 0.2) is 30.3 Å². The Kier molecular flexibility index (Phi) is 2.54. The van der Waals surface area contributed by atoms with Crippen molar-refractivity contribution in [3.63, 3.8) is 0 Å². The highest BCUT2D eigenvalue weighted by Crippen LogP contribution is 2.35. The van der Waals surface area contributed by atoms with Gasteiger partial charge in [0.1, 0.15) is 11.9 Å². The second-order valence-corrected chi connectivity index (χ2v) is 3.74. The lowest BCUT2D eigenvalue weighted by atomic mass is 9.92. The second-order valence-electron chi connectivity index (χ2n) is 3.74. The van der Waals surface area contributed by atoms with E-state index >= 15 is 0 Å². The summed E-state index contributed by atoms with van der Waals surface area (Å²) in [5, 5.41) is 0. The molecule has 0 radical (unpaired) electrons. The van der Waals surface area contributed by atoms with Crippen molar-refractivity contribution >= 4 is 11.8 Å². The summed E-state index contributed by atoms with van der Waals surface area (Å²) in [5.41, 5.74) is 0.892. The molecule has 1 aromatic carbocycles. The first-order valence-electron chi connectivity index (χ1n) is 4.93. The fraction of sp³-hybridized carbons (Fsp3) is 0.333. The molecule has 15 heavy (non-hydrogen) atoms. The number of cyclic esters (lactones) is 1. The standard InChI is InChI=1S/C12H12O3/c1-8(13)10-7-11(14)15-12(10)9-5-3-2-4-6-9/h2-6,10,12H,7H2,1H3/t10-,12+/m0/s1. The van der Waals surface area contributed by atoms with Crippen molar-refractivity contribution in [2.45, 2.75) is 19.4 Å². The molecule has 0 aromatic heterocycles. The van der Waals surface area contributed by atoms with Gasteiger partial charge in [0, 0.05) is 0 Å². The summed E-state index contributed by atoms with van der Waals surface area (Å²) < 4.78 is 5.16. The number of ether oxygens (including phenoxy) is 1. The van der Waals surface area contributed by atoms with Crippen LogP contribution in [0.25, 0.3) is 0 Å². The van der Waals surface area contributed by atoms with Gasteiger partial charge in [0.2, 0.25) is 0 Å². The molecule has 2 rings (SSSR count). The van der Waals surface area contributed by atoms with Gasteiger partial charge >= 0.3 is 5.97 Å². The SMILES string of the molecule is CC(=O)[C@@H]1CC(=O)O[C@@H]1c1ccccc1. The van der Waals surface area contributed by atoms with Gasteiger partial charge < -0.3 is 4.74 Å². The van der Waals surface area contributed by atoms with E-state index in [4.69, 9.17) is 4.74 Å². The smallest absolute Gasteiger partial charge is 0.307 e.